The summed E-state index contributed by atoms with van der Waals surface area (Å²) in [5.41, 5.74) is 6.59. The number of primary amides is 1. The van der Waals surface area contributed by atoms with Gasteiger partial charge in [-0.3, -0.25) is 4.79 Å². The van der Waals surface area contributed by atoms with Crippen LogP contribution in [0.4, 0.5) is 4.79 Å². The molecule has 27 heavy (non-hydrogen) atoms. The van der Waals surface area contributed by atoms with E-state index >= 15 is 0 Å². The summed E-state index contributed by atoms with van der Waals surface area (Å²) in [7, 11) is 0. The van der Waals surface area contributed by atoms with E-state index in [2.05, 4.69) is 21.2 Å². The second-order valence-electron chi connectivity index (χ2n) is 5.67. The van der Waals surface area contributed by atoms with E-state index < -0.39 is 30.6 Å². The Hall–Kier alpha value is -2.87. The molecule has 0 aliphatic heterocycles. The van der Waals surface area contributed by atoms with Crippen LogP contribution in [0.15, 0.2) is 59.1 Å². The second-order valence-corrected chi connectivity index (χ2v) is 6.58. The average Bonchev–Trinajstić information content (AvgIpc) is 2.65. The number of halogens is 1. The number of rotatable bonds is 8. The number of carbonyl (C=O) groups excluding carboxylic acids is 3. The summed E-state index contributed by atoms with van der Waals surface area (Å²) in [5.74, 6) is -1.55. The van der Waals surface area contributed by atoms with E-state index in [1.54, 1.807) is 12.1 Å². The molecule has 1 atom stereocenters. The van der Waals surface area contributed by atoms with E-state index in [-0.39, 0.29) is 13.0 Å². The van der Waals surface area contributed by atoms with Crippen molar-refractivity contribution in [1.29, 1.82) is 0 Å². The Morgan fingerprint density at radius 1 is 1.00 bits per heavy atom. The van der Waals surface area contributed by atoms with E-state index in [9.17, 15) is 14.4 Å². The van der Waals surface area contributed by atoms with E-state index in [0.717, 1.165) is 15.6 Å². The molecule has 0 aliphatic carbocycles. The number of nitrogens with two attached hydrogens (primary N) is 1. The van der Waals surface area contributed by atoms with Crippen LogP contribution in [-0.2, 0) is 32.1 Å². The predicted molar refractivity (Wildman–Crippen MR) is 102 cm³/mol. The van der Waals surface area contributed by atoms with Gasteiger partial charge in [0, 0.05) is 10.9 Å². The van der Waals surface area contributed by atoms with Crippen LogP contribution in [0.3, 0.4) is 0 Å². The molecule has 0 radical (unpaired) electrons. The van der Waals surface area contributed by atoms with Crippen LogP contribution in [0.5, 0.6) is 0 Å². The Bertz CT molecular complexity index is 798. The molecule has 0 fully saturated rings. The fourth-order valence-electron chi connectivity index (χ4n) is 2.24. The van der Waals surface area contributed by atoms with Crippen molar-refractivity contribution < 1.29 is 23.9 Å². The molecule has 0 aliphatic rings. The Morgan fingerprint density at radius 3 is 2.37 bits per heavy atom. The normalized spacial score (nSPS) is 11.3. The molecule has 0 saturated heterocycles. The third-order valence-electron chi connectivity index (χ3n) is 3.47. The SMILES string of the molecule is NC(=O)COC(=O)C(Cc1cccc(Br)c1)NC(=O)OCc1ccccc1. The van der Waals surface area contributed by atoms with Gasteiger partial charge < -0.3 is 20.5 Å². The minimum Gasteiger partial charge on any atom is -0.454 e. The highest BCUT2D eigenvalue weighted by atomic mass is 79.9. The number of esters is 1. The van der Waals surface area contributed by atoms with Gasteiger partial charge >= 0.3 is 12.1 Å². The van der Waals surface area contributed by atoms with Crippen LogP contribution in [0.25, 0.3) is 0 Å². The smallest absolute Gasteiger partial charge is 0.408 e. The Kier molecular flexibility index (Phi) is 7.81. The average molecular weight is 435 g/mol. The highest BCUT2D eigenvalue weighted by Gasteiger charge is 2.24. The molecule has 2 amide bonds. The maximum Gasteiger partial charge on any atom is 0.408 e. The van der Waals surface area contributed by atoms with Crippen molar-refractivity contribution in [2.45, 2.75) is 19.1 Å². The number of benzene rings is 2. The maximum absolute atomic E-state index is 12.2. The first-order chi connectivity index (χ1) is 12.9. The van der Waals surface area contributed by atoms with Gasteiger partial charge in [0.15, 0.2) is 6.61 Å². The lowest BCUT2D eigenvalue weighted by atomic mass is 10.1. The van der Waals surface area contributed by atoms with Crippen LogP contribution in [-0.4, -0.2) is 30.6 Å². The highest BCUT2D eigenvalue weighted by Crippen LogP contribution is 2.14. The van der Waals surface area contributed by atoms with Crippen molar-refractivity contribution in [2.75, 3.05) is 6.61 Å². The molecule has 1 unspecified atom stereocenters. The standard InChI is InChI=1S/C19H19BrN2O5/c20-15-8-4-7-14(9-15)10-16(18(24)26-12-17(21)23)22-19(25)27-11-13-5-2-1-3-6-13/h1-9,16H,10-12H2,(H2,21,23)(H,22,25). The van der Waals surface area contributed by atoms with Gasteiger partial charge in [-0.05, 0) is 23.3 Å². The summed E-state index contributed by atoms with van der Waals surface area (Å²) in [5, 5.41) is 2.48. The topological polar surface area (TPSA) is 108 Å². The van der Waals surface area contributed by atoms with E-state index in [1.807, 2.05) is 42.5 Å². The number of hydrogen-bond donors (Lipinski definition) is 2. The molecule has 2 aromatic rings. The number of ether oxygens (including phenoxy) is 2. The highest BCUT2D eigenvalue weighted by molar-refractivity contribution is 9.10. The lowest BCUT2D eigenvalue weighted by Crippen LogP contribution is -2.44. The lowest BCUT2D eigenvalue weighted by molar-refractivity contribution is -0.149. The van der Waals surface area contributed by atoms with Crippen molar-refractivity contribution >= 4 is 33.9 Å². The first-order valence-electron chi connectivity index (χ1n) is 8.10. The maximum atomic E-state index is 12.2. The number of nitrogens with one attached hydrogen (secondary N) is 1. The van der Waals surface area contributed by atoms with Crippen LogP contribution in [0, 0.1) is 0 Å². The number of hydrogen-bond acceptors (Lipinski definition) is 5. The zero-order valence-corrected chi connectivity index (χ0v) is 16.0. The van der Waals surface area contributed by atoms with Gasteiger partial charge in [-0.15, -0.1) is 0 Å². The zero-order valence-electron chi connectivity index (χ0n) is 14.4. The molecule has 0 aromatic heterocycles. The third kappa shape index (κ3) is 7.49. The van der Waals surface area contributed by atoms with E-state index in [4.69, 9.17) is 15.2 Å². The van der Waals surface area contributed by atoms with Crippen molar-refractivity contribution in [3.63, 3.8) is 0 Å². The molecule has 142 valence electrons. The summed E-state index contributed by atoms with van der Waals surface area (Å²) in [6, 6.07) is 15.4. The largest absolute Gasteiger partial charge is 0.454 e. The van der Waals surface area contributed by atoms with Crippen molar-refractivity contribution in [3.05, 3.63) is 70.2 Å². The summed E-state index contributed by atoms with van der Waals surface area (Å²) >= 11 is 3.35. The summed E-state index contributed by atoms with van der Waals surface area (Å²) in [6.45, 7) is -0.499. The predicted octanol–water partition coefficient (Wildman–Crippen LogP) is 2.32. The van der Waals surface area contributed by atoms with Gasteiger partial charge in [0.2, 0.25) is 0 Å². The molecular weight excluding hydrogens is 416 g/mol. The molecular formula is C19H19BrN2O5. The number of carbonyl (C=O) groups is 3. The summed E-state index contributed by atoms with van der Waals surface area (Å²) < 4.78 is 10.8. The molecule has 8 heteroatoms. The van der Waals surface area contributed by atoms with Crippen molar-refractivity contribution in [2.24, 2.45) is 5.73 Å². The van der Waals surface area contributed by atoms with Gasteiger partial charge in [-0.25, -0.2) is 9.59 Å². The van der Waals surface area contributed by atoms with Gasteiger partial charge in [0.05, 0.1) is 0 Å². The molecule has 0 spiro atoms. The minimum atomic E-state index is -1.03. The molecule has 0 saturated carbocycles. The van der Waals surface area contributed by atoms with Crippen molar-refractivity contribution in [3.8, 4) is 0 Å². The van der Waals surface area contributed by atoms with Gasteiger partial charge in [-0.1, -0.05) is 58.4 Å². The van der Waals surface area contributed by atoms with Crippen LogP contribution >= 0.6 is 15.9 Å². The van der Waals surface area contributed by atoms with Gasteiger partial charge in [0.1, 0.15) is 12.6 Å². The van der Waals surface area contributed by atoms with Crippen LogP contribution in [0.2, 0.25) is 0 Å². The third-order valence-corrected chi connectivity index (χ3v) is 3.97. The minimum absolute atomic E-state index is 0.0621. The monoisotopic (exact) mass is 434 g/mol. The second kappa shape index (κ2) is 10.3. The quantitative estimate of drug-likeness (QED) is 0.619. The molecule has 0 bridgehead atoms. The molecule has 2 aromatic carbocycles. The first-order valence-corrected chi connectivity index (χ1v) is 8.90. The fraction of sp³-hybridized carbons (Fsp3) is 0.211. The number of amides is 2. The van der Waals surface area contributed by atoms with E-state index in [1.165, 1.54) is 0 Å². The lowest BCUT2D eigenvalue weighted by Gasteiger charge is -2.17. The fourth-order valence-corrected chi connectivity index (χ4v) is 2.69. The van der Waals surface area contributed by atoms with Crippen LogP contribution in [0.1, 0.15) is 11.1 Å². The first kappa shape index (κ1) is 20.4. The number of alkyl carbamates (subject to hydrolysis) is 1. The molecule has 0 heterocycles. The van der Waals surface area contributed by atoms with Crippen LogP contribution < -0.4 is 11.1 Å². The van der Waals surface area contributed by atoms with E-state index in [0.29, 0.717) is 0 Å². The molecule has 3 N–H and O–H groups in total. The van der Waals surface area contributed by atoms with Crippen molar-refractivity contribution in [1.82, 2.24) is 5.32 Å². The summed E-state index contributed by atoms with van der Waals surface area (Å²) in [4.78, 5) is 35.2. The Balaban J connectivity index is 2.00. The Morgan fingerprint density at radius 2 is 1.70 bits per heavy atom. The van der Waals surface area contributed by atoms with Gasteiger partial charge in [0.25, 0.3) is 5.91 Å². The molecule has 7 nitrogen and oxygen atoms in total. The summed E-state index contributed by atoms with van der Waals surface area (Å²) in [6.07, 6.45) is -0.604. The molecule has 2 rings (SSSR count). The zero-order chi connectivity index (χ0) is 19.6. The van der Waals surface area contributed by atoms with Gasteiger partial charge in [-0.2, -0.15) is 0 Å². The Labute approximate surface area is 165 Å².